The lowest BCUT2D eigenvalue weighted by atomic mass is 10.2. The molecule has 2 aromatic carbocycles. The second kappa shape index (κ2) is 10.2. The molecule has 12 heteroatoms. The molecule has 0 saturated heterocycles. The van der Waals surface area contributed by atoms with E-state index in [1.807, 2.05) is 0 Å². The molecule has 10 nitrogen and oxygen atoms in total. The van der Waals surface area contributed by atoms with Gasteiger partial charge in [-0.3, -0.25) is 18.7 Å². The molecule has 2 heterocycles. The zero-order valence-electron chi connectivity index (χ0n) is 19.9. The number of aryl methyl sites for hydroxylation is 1. The van der Waals surface area contributed by atoms with Crippen LogP contribution in [0.4, 0.5) is 10.1 Å². The number of thioether (sulfide) groups is 1. The molecule has 186 valence electrons. The Bertz CT molecular complexity index is 1600. The molecule has 0 aliphatic rings. The molecule has 0 aliphatic heterocycles. The quantitative estimate of drug-likeness (QED) is 0.297. The van der Waals surface area contributed by atoms with E-state index in [-0.39, 0.29) is 33.3 Å². The van der Waals surface area contributed by atoms with Crippen molar-refractivity contribution in [3.63, 3.8) is 0 Å². The predicted octanol–water partition coefficient (Wildman–Crippen LogP) is 2.58. The van der Waals surface area contributed by atoms with Gasteiger partial charge in [-0.05, 0) is 30.3 Å². The van der Waals surface area contributed by atoms with Crippen molar-refractivity contribution in [2.24, 2.45) is 14.1 Å². The van der Waals surface area contributed by atoms with Gasteiger partial charge in [-0.15, -0.1) is 0 Å². The number of benzene rings is 2. The summed E-state index contributed by atoms with van der Waals surface area (Å²) in [6.45, 7) is 0. The molecule has 4 rings (SSSR count). The number of carbonyl (C=O) groups excluding carboxylic acids is 1. The lowest BCUT2D eigenvalue weighted by Crippen LogP contribution is -2.37. The number of halogens is 1. The molecular weight excluding hydrogens is 489 g/mol. The van der Waals surface area contributed by atoms with Crippen LogP contribution in [-0.4, -0.2) is 45.0 Å². The van der Waals surface area contributed by atoms with Crippen LogP contribution in [0.25, 0.3) is 22.4 Å². The number of anilines is 1. The van der Waals surface area contributed by atoms with E-state index in [1.54, 1.807) is 24.3 Å². The summed E-state index contributed by atoms with van der Waals surface area (Å²) in [6, 6.07) is 10.9. The highest BCUT2D eigenvalue weighted by atomic mass is 32.2. The summed E-state index contributed by atoms with van der Waals surface area (Å²) in [5, 5.41) is 2.79. The fraction of sp³-hybridized carbons (Fsp3) is 0.208. The Hall–Kier alpha value is -4.19. The Labute approximate surface area is 208 Å². The minimum Gasteiger partial charge on any atom is -0.493 e. The topological polar surface area (TPSA) is 117 Å². The van der Waals surface area contributed by atoms with Crippen molar-refractivity contribution in [2.75, 3.05) is 25.3 Å². The molecule has 0 radical (unpaired) electrons. The number of para-hydroxylation sites is 1. The molecule has 0 fully saturated rings. The van der Waals surface area contributed by atoms with Gasteiger partial charge < -0.3 is 14.8 Å². The number of methoxy groups -OCH3 is 2. The van der Waals surface area contributed by atoms with Crippen LogP contribution in [0.1, 0.15) is 0 Å². The minimum absolute atomic E-state index is 0.0416. The zero-order chi connectivity index (χ0) is 26.0. The number of rotatable bonds is 7. The van der Waals surface area contributed by atoms with E-state index in [2.05, 4.69) is 15.3 Å². The fourth-order valence-electron chi connectivity index (χ4n) is 3.52. The second-order valence-corrected chi connectivity index (χ2v) is 8.61. The number of amides is 1. The summed E-state index contributed by atoms with van der Waals surface area (Å²) in [7, 11) is 5.85. The smallest absolute Gasteiger partial charge is 0.332 e. The number of nitrogens with one attached hydrogen (secondary N) is 1. The SMILES string of the molecule is COc1ccc(-c2nc(SCC(=O)Nc3ccccc3F)c3c(=O)n(C)c(=O)n(C)c3n2)cc1OC. The second-order valence-electron chi connectivity index (χ2n) is 7.64. The van der Waals surface area contributed by atoms with E-state index >= 15 is 0 Å². The summed E-state index contributed by atoms with van der Waals surface area (Å²) >= 11 is 0.977. The van der Waals surface area contributed by atoms with E-state index in [9.17, 15) is 18.8 Å². The molecule has 0 saturated carbocycles. The summed E-state index contributed by atoms with van der Waals surface area (Å²) < 4.78 is 26.7. The van der Waals surface area contributed by atoms with Gasteiger partial charge >= 0.3 is 5.69 Å². The number of hydrogen-bond donors (Lipinski definition) is 1. The van der Waals surface area contributed by atoms with Crippen LogP contribution >= 0.6 is 11.8 Å². The average molecular weight is 512 g/mol. The molecular formula is C24H22FN5O5S. The maximum absolute atomic E-state index is 13.9. The van der Waals surface area contributed by atoms with Crippen LogP contribution in [0.15, 0.2) is 57.1 Å². The highest BCUT2D eigenvalue weighted by molar-refractivity contribution is 8.00. The maximum Gasteiger partial charge on any atom is 0.332 e. The first-order valence-electron chi connectivity index (χ1n) is 10.6. The van der Waals surface area contributed by atoms with Gasteiger partial charge in [0.2, 0.25) is 5.91 Å². The lowest BCUT2D eigenvalue weighted by molar-refractivity contribution is -0.113. The van der Waals surface area contributed by atoms with Crippen LogP contribution in [0.2, 0.25) is 0 Å². The van der Waals surface area contributed by atoms with E-state index in [0.717, 1.165) is 16.3 Å². The molecule has 1 amide bonds. The number of ether oxygens (including phenoxy) is 2. The van der Waals surface area contributed by atoms with Gasteiger partial charge in [0.1, 0.15) is 16.2 Å². The third-order valence-corrected chi connectivity index (χ3v) is 6.37. The van der Waals surface area contributed by atoms with E-state index in [0.29, 0.717) is 17.1 Å². The van der Waals surface area contributed by atoms with Crippen LogP contribution in [0.5, 0.6) is 11.5 Å². The summed E-state index contributed by atoms with van der Waals surface area (Å²) in [4.78, 5) is 47.1. The van der Waals surface area contributed by atoms with Crippen LogP contribution < -0.4 is 26.0 Å². The standard InChI is InChI=1S/C24H22FN5O5S/c1-29-21-19(23(32)30(2)24(29)33)22(36-12-18(31)26-15-8-6-5-7-14(15)25)28-20(27-21)13-9-10-16(34-3)17(11-13)35-4/h5-11H,12H2,1-4H3,(H,26,31). The number of nitrogens with zero attached hydrogens (tertiary/aromatic N) is 4. The van der Waals surface area contributed by atoms with E-state index in [4.69, 9.17) is 9.47 Å². The highest BCUT2D eigenvalue weighted by Crippen LogP contribution is 2.33. The lowest BCUT2D eigenvalue weighted by Gasteiger charge is -2.13. The van der Waals surface area contributed by atoms with E-state index < -0.39 is 23.0 Å². The molecule has 0 aliphatic carbocycles. The van der Waals surface area contributed by atoms with Crippen molar-refractivity contribution in [3.8, 4) is 22.9 Å². The Kier molecular flexibility index (Phi) is 7.06. The number of aromatic nitrogens is 4. The number of carbonyl (C=O) groups is 1. The van der Waals surface area contributed by atoms with Gasteiger partial charge in [0, 0.05) is 19.7 Å². The first kappa shape index (κ1) is 24.9. The van der Waals surface area contributed by atoms with Crippen molar-refractivity contribution < 1.29 is 18.7 Å². The molecule has 4 aromatic rings. The Morgan fingerprint density at radius 2 is 1.75 bits per heavy atom. The van der Waals surface area contributed by atoms with Gasteiger partial charge in [0.05, 0.1) is 25.7 Å². The van der Waals surface area contributed by atoms with E-state index in [1.165, 1.54) is 51.1 Å². The molecule has 0 atom stereocenters. The first-order valence-corrected chi connectivity index (χ1v) is 11.6. The van der Waals surface area contributed by atoms with Crippen molar-refractivity contribution in [1.82, 2.24) is 19.1 Å². The first-order chi connectivity index (χ1) is 17.2. The Morgan fingerprint density at radius 1 is 1.03 bits per heavy atom. The summed E-state index contributed by atoms with van der Waals surface area (Å²) in [5.74, 6) is -0.0757. The normalized spacial score (nSPS) is 10.9. The number of hydrogen-bond acceptors (Lipinski definition) is 8. The van der Waals surface area contributed by atoms with Crippen molar-refractivity contribution >= 4 is 34.4 Å². The zero-order valence-corrected chi connectivity index (χ0v) is 20.7. The number of fused-ring (bicyclic) bond motifs is 1. The van der Waals surface area contributed by atoms with Crippen molar-refractivity contribution in [3.05, 3.63) is 69.1 Å². The third-order valence-electron chi connectivity index (χ3n) is 5.40. The average Bonchev–Trinajstić information content (AvgIpc) is 2.89. The van der Waals surface area contributed by atoms with Gasteiger partial charge in [0.25, 0.3) is 5.56 Å². The van der Waals surface area contributed by atoms with Crippen LogP contribution in [0.3, 0.4) is 0 Å². The molecule has 1 N–H and O–H groups in total. The molecule has 36 heavy (non-hydrogen) atoms. The predicted molar refractivity (Wildman–Crippen MR) is 134 cm³/mol. The van der Waals surface area contributed by atoms with Crippen molar-refractivity contribution in [1.29, 1.82) is 0 Å². The maximum atomic E-state index is 13.9. The van der Waals surface area contributed by atoms with Gasteiger partial charge in [-0.1, -0.05) is 23.9 Å². The molecule has 2 aromatic heterocycles. The fourth-order valence-corrected chi connectivity index (χ4v) is 4.33. The molecule has 0 bridgehead atoms. The van der Waals surface area contributed by atoms with Gasteiger partial charge in [-0.25, -0.2) is 19.2 Å². The van der Waals surface area contributed by atoms with Gasteiger partial charge in [0.15, 0.2) is 23.0 Å². The summed E-state index contributed by atoms with van der Waals surface area (Å²) in [5.41, 5.74) is -0.457. The van der Waals surface area contributed by atoms with Crippen LogP contribution in [-0.2, 0) is 18.9 Å². The largest absolute Gasteiger partial charge is 0.493 e. The Morgan fingerprint density at radius 3 is 2.44 bits per heavy atom. The third kappa shape index (κ3) is 4.67. The van der Waals surface area contributed by atoms with Crippen LogP contribution in [0, 0.1) is 5.82 Å². The van der Waals surface area contributed by atoms with Gasteiger partial charge in [-0.2, -0.15) is 0 Å². The minimum atomic E-state index is -0.594. The highest BCUT2D eigenvalue weighted by Gasteiger charge is 2.20. The summed E-state index contributed by atoms with van der Waals surface area (Å²) in [6.07, 6.45) is 0. The monoisotopic (exact) mass is 511 g/mol. The Balaban J connectivity index is 1.80. The molecule has 0 spiro atoms. The van der Waals surface area contributed by atoms with Crippen molar-refractivity contribution in [2.45, 2.75) is 5.03 Å². The molecule has 0 unspecified atom stereocenters.